The average molecular weight is 247 g/mol. The van der Waals surface area contributed by atoms with Crippen molar-refractivity contribution in [2.75, 3.05) is 12.8 Å². The van der Waals surface area contributed by atoms with Crippen LogP contribution in [-0.2, 0) is 10.0 Å². The SMILES string of the molecule is CNC(=O)NS(=O)(=O)c1cccc(F)c1N. The fourth-order valence-electron chi connectivity index (χ4n) is 0.980. The molecule has 2 amide bonds. The van der Waals surface area contributed by atoms with Gasteiger partial charge in [0.25, 0.3) is 10.0 Å². The molecule has 6 nitrogen and oxygen atoms in total. The standard InChI is InChI=1S/C8H10FN3O3S/c1-11-8(13)12-16(14,15)6-4-2-3-5(9)7(6)10/h2-4H,10H2,1H3,(H2,11,12,13). The number of nitrogens with one attached hydrogen (secondary N) is 2. The molecule has 0 aliphatic carbocycles. The van der Waals surface area contributed by atoms with Gasteiger partial charge in [0.15, 0.2) is 0 Å². The minimum absolute atomic E-state index is 0.476. The molecular formula is C8H10FN3O3S. The van der Waals surface area contributed by atoms with Crippen LogP contribution < -0.4 is 15.8 Å². The molecule has 0 atom stereocenters. The van der Waals surface area contributed by atoms with Crippen molar-refractivity contribution in [2.24, 2.45) is 0 Å². The molecule has 88 valence electrons. The van der Waals surface area contributed by atoms with E-state index in [4.69, 9.17) is 5.73 Å². The number of nitrogen functional groups attached to an aromatic ring is 1. The number of rotatable bonds is 2. The lowest BCUT2D eigenvalue weighted by molar-refractivity contribution is 0.248. The molecule has 0 aliphatic rings. The summed E-state index contributed by atoms with van der Waals surface area (Å²) in [6, 6.07) is 2.38. The minimum Gasteiger partial charge on any atom is -0.395 e. The van der Waals surface area contributed by atoms with E-state index in [1.807, 2.05) is 0 Å². The highest BCUT2D eigenvalue weighted by Crippen LogP contribution is 2.20. The first-order valence-corrected chi connectivity index (χ1v) is 5.65. The highest BCUT2D eigenvalue weighted by Gasteiger charge is 2.21. The van der Waals surface area contributed by atoms with E-state index in [1.165, 1.54) is 13.1 Å². The van der Waals surface area contributed by atoms with E-state index < -0.39 is 32.5 Å². The predicted molar refractivity (Wildman–Crippen MR) is 55.6 cm³/mol. The van der Waals surface area contributed by atoms with E-state index in [1.54, 1.807) is 4.72 Å². The second-order valence-corrected chi connectivity index (χ2v) is 4.49. The van der Waals surface area contributed by atoms with Gasteiger partial charge in [0, 0.05) is 7.05 Å². The number of hydrogen-bond donors (Lipinski definition) is 3. The molecule has 0 spiro atoms. The van der Waals surface area contributed by atoms with Gasteiger partial charge in [-0.1, -0.05) is 6.07 Å². The lowest BCUT2D eigenvalue weighted by atomic mass is 10.3. The van der Waals surface area contributed by atoms with Crippen LogP contribution in [0, 0.1) is 5.82 Å². The smallest absolute Gasteiger partial charge is 0.328 e. The summed E-state index contributed by atoms with van der Waals surface area (Å²) in [5.41, 5.74) is 4.73. The normalized spacial score (nSPS) is 10.9. The maximum Gasteiger partial charge on any atom is 0.328 e. The summed E-state index contributed by atoms with van der Waals surface area (Å²) < 4.78 is 37.8. The van der Waals surface area contributed by atoms with Gasteiger partial charge in [-0.15, -0.1) is 0 Å². The molecule has 0 aliphatic heterocycles. The maximum atomic E-state index is 13.0. The summed E-state index contributed by atoms with van der Waals surface area (Å²) in [7, 11) is -2.90. The number of anilines is 1. The van der Waals surface area contributed by atoms with Crippen LogP contribution in [0.15, 0.2) is 23.1 Å². The molecule has 0 radical (unpaired) electrons. The van der Waals surface area contributed by atoms with Crippen molar-refractivity contribution in [1.82, 2.24) is 10.0 Å². The fraction of sp³-hybridized carbons (Fsp3) is 0.125. The Morgan fingerprint density at radius 1 is 1.44 bits per heavy atom. The molecule has 0 aromatic heterocycles. The van der Waals surface area contributed by atoms with Crippen LogP contribution in [0.2, 0.25) is 0 Å². The molecule has 0 heterocycles. The third kappa shape index (κ3) is 2.40. The van der Waals surface area contributed by atoms with Gasteiger partial charge >= 0.3 is 6.03 Å². The number of amides is 2. The molecule has 4 N–H and O–H groups in total. The zero-order chi connectivity index (χ0) is 12.3. The predicted octanol–water partition coefficient (Wildman–Crippen LogP) is 0.0256. The zero-order valence-electron chi connectivity index (χ0n) is 8.32. The van der Waals surface area contributed by atoms with E-state index in [2.05, 4.69) is 5.32 Å². The molecule has 0 unspecified atom stereocenters. The molecule has 1 rings (SSSR count). The number of halogens is 1. The largest absolute Gasteiger partial charge is 0.395 e. The second kappa shape index (κ2) is 4.35. The van der Waals surface area contributed by atoms with E-state index in [0.29, 0.717) is 0 Å². The molecule has 1 aromatic carbocycles. The van der Waals surface area contributed by atoms with Gasteiger partial charge in [0.1, 0.15) is 10.7 Å². The second-order valence-electron chi connectivity index (χ2n) is 2.84. The van der Waals surface area contributed by atoms with Crippen LogP contribution in [-0.4, -0.2) is 21.5 Å². The Morgan fingerprint density at radius 2 is 2.06 bits per heavy atom. The van der Waals surface area contributed by atoms with Gasteiger partial charge < -0.3 is 11.1 Å². The monoisotopic (exact) mass is 247 g/mol. The highest BCUT2D eigenvalue weighted by molar-refractivity contribution is 7.90. The van der Waals surface area contributed by atoms with Crippen LogP contribution >= 0.6 is 0 Å². The highest BCUT2D eigenvalue weighted by atomic mass is 32.2. The molecule has 0 saturated carbocycles. The molecular weight excluding hydrogens is 237 g/mol. The van der Waals surface area contributed by atoms with Crippen molar-refractivity contribution < 1.29 is 17.6 Å². The minimum atomic E-state index is -4.15. The Labute approximate surface area is 91.7 Å². The summed E-state index contributed by atoms with van der Waals surface area (Å²) in [5, 5.41) is 2.06. The number of carbonyl (C=O) groups is 1. The van der Waals surface area contributed by atoms with Crippen molar-refractivity contribution >= 4 is 21.7 Å². The molecule has 0 saturated heterocycles. The number of benzene rings is 1. The van der Waals surface area contributed by atoms with Crippen molar-refractivity contribution in [2.45, 2.75) is 4.90 Å². The summed E-state index contributed by atoms with van der Waals surface area (Å²) in [6.07, 6.45) is 0. The molecule has 1 aromatic rings. The quantitative estimate of drug-likeness (QED) is 0.641. The maximum absolute atomic E-state index is 13.0. The van der Waals surface area contributed by atoms with Crippen LogP contribution in [0.4, 0.5) is 14.9 Å². The van der Waals surface area contributed by atoms with Crippen molar-refractivity contribution in [3.05, 3.63) is 24.0 Å². The number of nitrogens with two attached hydrogens (primary N) is 1. The Bertz CT molecular complexity index is 515. The van der Waals surface area contributed by atoms with Crippen LogP contribution in [0.5, 0.6) is 0 Å². The number of sulfonamides is 1. The fourth-order valence-corrected chi connectivity index (χ4v) is 2.08. The Morgan fingerprint density at radius 3 is 2.62 bits per heavy atom. The lowest BCUT2D eigenvalue weighted by Gasteiger charge is -2.08. The Hall–Kier alpha value is -1.83. The van der Waals surface area contributed by atoms with Crippen LogP contribution in [0.25, 0.3) is 0 Å². The summed E-state index contributed by atoms with van der Waals surface area (Å²) in [6.45, 7) is 0. The summed E-state index contributed by atoms with van der Waals surface area (Å²) in [4.78, 5) is 10.4. The summed E-state index contributed by atoms with van der Waals surface area (Å²) >= 11 is 0. The van der Waals surface area contributed by atoms with Crippen molar-refractivity contribution in [3.8, 4) is 0 Å². The van der Waals surface area contributed by atoms with Gasteiger partial charge in [-0.2, -0.15) is 0 Å². The number of carbonyl (C=O) groups excluding carboxylic acids is 1. The van der Waals surface area contributed by atoms with E-state index in [9.17, 15) is 17.6 Å². The zero-order valence-corrected chi connectivity index (χ0v) is 9.14. The van der Waals surface area contributed by atoms with E-state index >= 15 is 0 Å². The first kappa shape index (κ1) is 12.2. The first-order chi connectivity index (χ1) is 7.38. The molecule has 16 heavy (non-hydrogen) atoms. The topological polar surface area (TPSA) is 101 Å². The molecule has 8 heteroatoms. The number of hydrogen-bond acceptors (Lipinski definition) is 4. The summed E-state index contributed by atoms with van der Waals surface area (Å²) in [5.74, 6) is -0.861. The number of para-hydroxylation sites is 1. The first-order valence-electron chi connectivity index (χ1n) is 4.17. The van der Waals surface area contributed by atoms with Gasteiger partial charge in [0.05, 0.1) is 5.69 Å². The van der Waals surface area contributed by atoms with Gasteiger partial charge in [-0.25, -0.2) is 22.3 Å². The van der Waals surface area contributed by atoms with Crippen LogP contribution in [0.3, 0.4) is 0 Å². The van der Waals surface area contributed by atoms with Crippen molar-refractivity contribution in [1.29, 1.82) is 0 Å². The number of urea groups is 1. The lowest BCUT2D eigenvalue weighted by Crippen LogP contribution is -2.37. The molecule has 0 bridgehead atoms. The van der Waals surface area contributed by atoms with E-state index in [0.717, 1.165) is 12.1 Å². The van der Waals surface area contributed by atoms with Gasteiger partial charge in [-0.3, -0.25) is 0 Å². The van der Waals surface area contributed by atoms with Gasteiger partial charge in [0.2, 0.25) is 0 Å². The van der Waals surface area contributed by atoms with Crippen molar-refractivity contribution in [3.63, 3.8) is 0 Å². The van der Waals surface area contributed by atoms with E-state index in [-0.39, 0.29) is 0 Å². The third-order valence-corrected chi connectivity index (χ3v) is 3.15. The average Bonchev–Trinajstić information content (AvgIpc) is 2.21. The Kier molecular flexibility index (Phi) is 3.33. The van der Waals surface area contributed by atoms with Crippen LogP contribution in [0.1, 0.15) is 0 Å². The van der Waals surface area contributed by atoms with Gasteiger partial charge in [-0.05, 0) is 12.1 Å². The Balaban J connectivity index is 3.18. The third-order valence-electron chi connectivity index (χ3n) is 1.76. The molecule has 0 fully saturated rings.